The predicted octanol–water partition coefficient (Wildman–Crippen LogP) is 3.84. The van der Waals surface area contributed by atoms with Gasteiger partial charge in [-0.3, -0.25) is 15.1 Å². The third-order valence-electron chi connectivity index (χ3n) is 9.77. The molecular weight excluding hydrogens is 624 g/mol. The number of ketones is 1. The molecule has 0 aromatic heterocycles. The summed E-state index contributed by atoms with van der Waals surface area (Å²) in [4.78, 5) is 17.5. The van der Waals surface area contributed by atoms with E-state index in [0.717, 1.165) is 41.5 Å². The van der Waals surface area contributed by atoms with Gasteiger partial charge in [-0.1, -0.05) is 44.2 Å². The van der Waals surface area contributed by atoms with E-state index in [9.17, 15) is 20.1 Å². The van der Waals surface area contributed by atoms with Crippen molar-refractivity contribution < 1.29 is 34.3 Å². The number of fused-ring (bicyclic) bond motifs is 2. The van der Waals surface area contributed by atoms with Crippen LogP contribution in [0.3, 0.4) is 0 Å². The van der Waals surface area contributed by atoms with Crippen molar-refractivity contribution in [3.05, 3.63) is 46.0 Å². The monoisotopic (exact) mass is 676 g/mol. The Morgan fingerprint density at radius 1 is 1.18 bits per heavy atom. The first kappa shape index (κ1) is 36.3. The van der Waals surface area contributed by atoms with Crippen molar-refractivity contribution >= 4 is 11.7 Å². The summed E-state index contributed by atoms with van der Waals surface area (Å²) in [7, 11) is 3.27. The van der Waals surface area contributed by atoms with E-state index < -0.39 is 12.4 Å². The van der Waals surface area contributed by atoms with Crippen molar-refractivity contribution in [2.45, 2.75) is 95.9 Å². The molecule has 2 aromatic rings. The number of hydrogen-bond acceptors (Lipinski definition) is 9. The van der Waals surface area contributed by atoms with E-state index in [1.165, 1.54) is 7.11 Å². The Hall–Kier alpha value is -3.98. The first-order chi connectivity index (χ1) is 23.6. The molecule has 0 fully saturated rings. The molecule has 266 valence electrons. The average Bonchev–Trinajstić information content (AvgIpc) is 3.23. The molecule has 0 saturated heterocycles. The molecule has 11 heteroatoms. The Balaban J connectivity index is 1.59. The van der Waals surface area contributed by atoms with Crippen LogP contribution in [0, 0.1) is 23.7 Å². The number of carbonyl (C=O) groups is 1. The second-order valence-electron chi connectivity index (χ2n) is 13.8. The number of Topliss-reactive ketones (excluding diaryl/α,β-unsaturated/α-hetero) is 1. The maximum atomic E-state index is 13.1. The summed E-state index contributed by atoms with van der Waals surface area (Å²) < 4.78 is 18.2. The van der Waals surface area contributed by atoms with Crippen molar-refractivity contribution in [3.63, 3.8) is 0 Å². The molecule has 5 atom stereocenters. The maximum Gasteiger partial charge on any atom is 0.201 e. The predicted molar refractivity (Wildman–Crippen MR) is 188 cm³/mol. The summed E-state index contributed by atoms with van der Waals surface area (Å²) >= 11 is 0. The van der Waals surface area contributed by atoms with Gasteiger partial charge in [0.25, 0.3) is 0 Å². The van der Waals surface area contributed by atoms with Gasteiger partial charge in [0.2, 0.25) is 6.29 Å². The molecule has 2 aliphatic carbocycles. The molecule has 0 saturated carbocycles. The molecule has 2 aromatic carbocycles. The molecule has 11 nitrogen and oxygen atoms in total. The molecular formula is C38H52N4O7. The van der Waals surface area contributed by atoms with E-state index in [4.69, 9.17) is 19.9 Å². The SMILES string of the molecule is CNCOc1c2cc3c4c1OC(O)C(CCNC(N)=NCC(C)C)C4CCCC3CC(O)CC(=O)CCc1ccc(O)c(OC)c1C#CC2. The Kier molecular flexibility index (Phi) is 12.3. The Morgan fingerprint density at radius 3 is 2.76 bits per heavy atom. The van der Waals surface area contributed by atoms with Crippen LogP contribution in [0.25, 0.3) is 0 Å². The summed E-state index contributed by atoms with van der Waals surface area (Å²) in [6.45, 7) is 5.55. The van der Waals surface area contributed by atoms with Crippen LogP contribution in [0.1, 0.15) is 98.4 Å². The number of aromatic hydroxyl groups is 1. The zero-order chi connectivity index (χ0) is 35.1. The number of carbonyl (C=O) groups excluding carboxylic acids is 1. The number of phenolic OH excluding ortho intramolecular Hbond substituents is 1. The lowest BCUT2D eigenvalue weighted by molar-refractivity contribution is -0.121. The van der Waals surface area contributed by atoms with Gasteiger partial charge in [-0.15, -0.1) is 0 Å². The quantitative estimate of drug-likeness (QED) is 0.0994. The standard InChI is InChI=1S/C38H52N4O7/c1-22(2)20-42-38(39)41-16-15-30-29-10-5-7-24-17-27(44)19-26(43)13-11-23-12-14-32(45)35(47-4)28(23)9-6-8-25-18-31(24)33(29)36(49-37(30)46)34(25)48-21-40-3/h12,14,18,22,24,27,29-30,37,40,44-46H,5,7-8,10-11,13,15-17,19-21H2,1-4H3,(H3,39,41,42). The largest absolute Gasteiger partial charge is 0.504 e. The van der Waals surface area contributed by atoms with E-state index >= 15 is 0 Å². The third-order valence-corrected chi connectivity index (χ3v) is 9.77. The minimum atomic E-state index is -1.08. The number of nitrogens with two attached hydrogens (primary N) is 1. The topological polar surface area (TPSA) is 168 Å². The molecule has 1 heterocycles. The van der Waals surface area contributed by atoms with Gasteiger partial charge in [0.05, 0.1) is 18.8 Å². The molecule has 5 rings (SSSR count). The van der Waals surface area contributed by atoms with Crippen LogP contribution >= 0.6 is 0 Å². The van der Waals surface area contributed by atoms with Crippen molar-refractivity contribution in [1.82, 2.24) is 10.6 Å². The summed E-state index contributed by atoms with van der Waals surface area (Å²) in [5.74, 6) is 8.25. The van der Waals surface area contributed by atoms with Crippen LogP contribution in [0.5, 0.6) is 23.0 Å². The first-order valence-corrected chi connectivity index (χ1v) is 17.5. The van der Waals surface area contributed by atoms with Gasteiger partial charge in [0.15, 0.2) is 29.0 Å². The van der Waals surface area contributed by atoms with Crippen molar-refractivity contribution in [2.24, 2.45) is 22.6 Å². The van der Waals surface area contributed by atoms with Crippen LogP contribution in [0.15, 0.2) is 23.2 Å². The summed E-state index contributed by atoms with van der Waals surface area (Å²) in [5, 5.41) is 39.6. The molecule has 5 unspecified atom stereocenters. The highest BCUT2D eigenvalue weighted by molar-refractivity contribution is 5.79. The molecule has 3 aliphatic rings. The van der Waals surface area contributed by atoms with Gasteiger partial charge >= 0.3 is 0 Å². The summed E-state index contributed by atoms with van der Waals surface area (Å²) in [6.07, 6.45) is 2.69. The Labute approximate surface area is 289 Å². The van der Waals surface area contributed by atoms with Gasteiger partial charge < -0.3 is 40.6 Å². The minimum Gasteiger partial charge on any atom is -0.504 e. The zero-order valence-electron chi connectivity index (χ0n) is 29.2. The number of methoxy groups -OCH3 is 1. The molecule has 0 amide bonds. The fourth-order valence-electron chi connectivity index (χ4n) is 7.46. The minimum absolute atomic E-state index is 0.0218. The highest BCUT2D eigenvalue weighted by Gasteiger charge is 2.43. The fourth-order valence-corrected chi connectivity index (χ4v) is 7.46. The maximum absolute atomic E-state index is 13.1. The number of aliphatic imine (C=N–C) groups is 1. The van der Waals surface area contributed by atoms with Crippen LogP contribution in [-0.4, -0.2) is 73.4 Å². The smallest absolute Gasteiger partial charge is 0.201 e. The number of guanidine groups is 1. The number of aliphatic hydroxyl groups excluding tert-OH is 2. The Bertz CT molecular complexity index is 1580. The lowest BCUT2D eigenvalue weighted by Crippen LogP contribution is -2.40. The van der Waals surface area contributed by atoms with Gasteiger partial charge in [-0.25, -0.2) is 0 Å². The molecule has 0 radical (unpaired) electrons. The molecule has 2 bridgehead atoms. The highest BCUT2D eigenvalue weighted by Crippen LogP contribution is 2.55. The second kappa shape index (κ2) is 16.6. The van der Waals surface area contributed by atoms with Crippen molar-refractivity contribution in [2.75, 3.05) is 34.0 Å². The number of aliphatic hydroxyl groups is 2. The van der Waals surface area contributed by atoms with E-state index in [1.54, 1.807) is 19.2 Å². The van der Waals surface area contributed by atoms with Crippen LogP contribution in [0.4, 0.5) is 0 Å². The number of nitrogens with zero attached hydrogens (tertiary/aromatic N) is 1. The van der Waals surface area contributed by atoms with Crippen molar-refractivity contribution in [3.8, 4) is 34.8 Å². The number of aryl methyl sites for hydroxylation is 1. The van der Waals surface area contributed by atoms with Crippen LogP contribution in [0.2, 0.25) is 0 Å². The van der Waals surface area contributed by atoms with E-state index in [-0.39, 0.29) is 61.0 Å². The fraction of sp³-hybridized carbons (Fsp3) is 0.579. The van der Waals surface area contributed by atoms with E-state index in [1.807, 2.05) is 0 Å². The van der Waals surface area contributed by atoms with Crippen molar-refractivity contribution in [1.29, 1.82) is 0 Å². The second-order valence-corrected chi connectivity index (χ2v) is 13.8. The van der Waals surface area contributed by atoms with Gasteiger partial charge in [0, 0.05) is 49.4 Å². The number of hydrogen-bond donors (Lipinski definition) is 6. The van der Waals surface area contributed by atoms with E-state index in [0.29, 0.717) is 61.3 Å². The Morgan fingerprint density at radius 2 is 2.00 bits per heavy atom. The molecule has 0 spiro atoms. The molecule has 7 N–H and O–H groups in total. The number of nitrogens with one attached hydrogen (secondary N) is 2. The van der Waals surface area contributed by atoms with Crippen LogP contribution < -0.4 is 30.6 Å². The zero-order valence-corrected chi connectivity index (χ0v) is 29.2. The van der Waals surface area contributed by atoms with Gasteiger partial charge in [0.1, 0.15) is 12.5 Å². The van der Waals surface area contributed by atoms with Crippen LogP contribution in [-0.2, 0) is 17.6 Å². The number of rotatable bonds is 9. The first-order valence-electron chi connectivity index (χ1n) is 17.5. The lowest BCUT2D eigenvalue weighted by atomic mass is 9.75. The molecule has 1 aliphatic heterocycles. The number of phenols is 1. The summed E-state index contributed by atoms with van der Waals surface area (Å²) in [6, 6.07) is 5.44. The average molecular weight is 677 g/mol. The highest BCUT2D eigenvalue weighted by atomic mass is 16.6. The third kappa shape index (κ3) is 8.61. The van der Waals surface area contributed by atoms with Gasteiger partial charge in [-0.2, -0.15) is 0 Å². The number of ether oxygens (including phenoxy) is 3. The molecule has 49 heavy (non-hydrogen) atoms. The normalized spacial score (nSPS) is 23.9. The summed E-state index contributed by atoms with van der Waals surface area (Å²) in [5.41, 5.74) is 10.3. The number of benzene rings is 2. The van der Waals surface area contributed by atoms with Gasteiger partial charge in [-0.05, 0) is 74.1 Å². The van der Waals surface area contributed by atoms with E-state index in [2.05, 4.69) is 47.4 Å². The lowest BCUT2D eigenvalue weighted by Gasteiger charge is -2.39.